The fraction of sp³-hybridized carbons (Fsp3) is 0.435. The maximum atomic E-state index is 13.0. The number of hydrogen-bond acceptors (Lipinski definition) is 4. The van der Waals surface area contributed by atoms with Gasteiger partial charge in [-0.3, -0.25) is 14.6 Å². The van der Waals surface area contributed by atoms with Crippen LogP contribution in [0.5, 0.6) is 5.75 Å². The van der Waals surface area contributed by atoms with Gasteiger partial charge in [-0.25, -0.2) is 0 Å². The van der Waals surface area contributed by atoms with E-state index in [0.717, 1.165) is 59.9 Å². The quantitative estimate of drug-likeness (QED) is 0.697. The maximum absolute atomic E-state index is 13.0. The minimum atomic E-state index is -0.283. The summed E-state index contributed by atoms with van der Waals surface area (Å²) in [7, 11) is 1.68. The van der Waals surface area contributed by atoms with Crippen LogP contribution in [0, 0.1) is 13.8 Å². The lowest BCUT2D eigenvalue weighted by molar-refractivity contribution is -0.135. The molecular formula is C23H29N5O2. The molecule has 0 saturated carbocycles. The average molecular weight is 408 g/mol. The van der Waals surface area contributed by atoms with E-state index >= 15 is 0 Å². The van der Waals surface area contributed by atoms with Crippen LogP contribution in [0.2, 0.25) is 0 Å². The number of rotatable bonds is 5. The molecule has 1 aliphatic heterocycles. The summed E-state index contributed by atoms with van der Waals surface area (Å²) in [5, 5.41) is 12.0. The number of carbonyl (C=O) groups is 1. The SMILES string of the molecule is COc1cccc(-c2cn[nH]c2C2CCN(C(=O)[C@@H](C)n3nc(C)cc3C)CC2)c1. The fourth-order valence-corrected chi connectivity index (χ4v) is 4.42. The molecule has 30 heavy (non-hydrogen) atoms. The van der Waals surface area contributed by atoms with Crippen LogP contribution >= 0.6 is 0 Å². The molecule has 1 aliphatic rings. The fourth-order valence-electron chi connectivity index (χ4n) is 4.42. The Labute approximate surface area is 177 Å². The van der Waals surface area contributed by atoms with Crippen LogP contribution in [0.1, 0.15) is 48.8 Å². The first kappa shape index (κ1) is 20.2. The maximum Gasteiger partial charge on any atom is 0.247 e. The number of carbonyl (C=O) groups excluding carboxylic acids is 1. The predicted octanol–water partition coefficient (Wildman–Crippen LogP) is 3.87. The van der Waals surface area contributed by atoms with E-state index in [4.69, 9.17) is 4.74 Å². The molecule has 4 rings (SSSR count). The van der Waals surface area contributed by atoms with Crippen LogP contribution in [0.15, 0.2) is 36.5 Å². The minimum absolute atomic E-state index is 0.136. The van der Waals surface area contributed by atoms with E-state index in [1.807, 2.05) is 60.8 Å². The number of nitrogens with one attached hydrogen (secondary N) is 1. The molecule has 1 amide bonds. The van der Waals surface area contributed by atoms with Crippen LogP contribution in [-0.2, 0) is 4.79 Å². The number of aryl methyl sites for hydroxylation is 2. The van der Waals surface area contributed by atoms with Crippen molar-refractivity contribution in [3.05, 3.63) is 53.6 Å². The highest BCUT2D eigenvalue weighted by Gasteiger charge is 2.30. The molecule has 0 aliphatic carbocycles. The van der Waals surface area contributed by atoms with E-state index in [0.29, 0.717) is 5.92 Å². The van der Waals surface area contributed by atoms with E-state index in [1.54, 1.807) is 7.11 Å². The zero-order chi connectivity index (χ0) is 21.3. The first-order valence-electron chi connectivity index (χ1n) is 10.5. The molecule has 0 unspecified atom stereocenters. The Bertz CT molecular complexity index is 1030. The third-order valence-corrected chi connectivity index (χ3v) is 6.03. The highest BCUT2D eigenvalue weighted by molar-refractivity contribution is 5.80. The third-order valence-electron chi connectivity index (χ3n) is 6.03. The van der Waals surface area contributed by atoms with Crippen LogP contribution in [0.4, 0.5) is 0 Å². The normalized spacial score (nSPS) is 15.9. The summed E-state index contributed by atoms with van der Waals surface area (Å²) in [5.41, 5.74) is 5.30. The molecule has 1 N–H and O–H groups in total. The Morgan fingerprint density at radius 1 is 1.23 bits per heavy atom. The average Bonchev–Trinajstić information content (AvgIpc) is 3.39. The number of likely N-dealkylation sites (tertiary alicyclic amines) is 1. The second-order valence-electron chi connectivity index (χ2n) is 8.08. The Balaban J connectivity index is 1.45. The highest BCUT2D eigenvalue weighted by atomic mass is 16.5. The summed E-state index contributed by atoms with van der Waals surface area (Å²) in [6.07, 6.45) is 3.70. The van der Waals surface area contributed by atoms with Crippen molar-refractivity contribution in [3.8, 4) is 16.9 Å². The van der Waals surface area contributed by atoms with Crippen LogP contribution in [0.25, 0.3) is 11.1 Å². The number of nitrogens with zero attached hydrogens (tertiary/aromatic N) is 4. The van der Waals surface area contributed by atoms with Gasteiger partial charge in [0.15, 0.2) is 0 Å². The number of aromatic nitrogens is 4. The van der Waals surface area contributed by atoms with Crippen molar-refractivity contribution < 1.29 is 9.53 Å². The second kappa shape index (κ2) is 8.34. The first-order valence-corrected chi connectivity index (χ1v) is 10.5. The van der Waals surface area contributed by atoms with Gasteiger partial charge in [-0.1, -0.05) is 12.1 Å². The molecule has 0 bridgehead atoms. The zero-order valence-electron chi connectivity index (χ0n) is 18.1. The molecule has 1 fully saturated rings. The largest absolute Gasteiger partial charge is 0.497 e. The van der Waals surface area contributed by atoms with Gasteiger partial charge in [-0.2, -0.15) is 10.2 Å². The lowest BCUT2D eigenvalue weighted by Gasteiger charge is -2.33. The number of piperidine rings is 1. The number of methoxy groups -OCH3 is 1. The van der Waals surface area contributed by atoms with E-state index in [9.17, 15) is 4.79 Å². The molecule has 0 radical (unpaired) electrons. The second-order valence-corrected chi connectivity index (χ2v) is 8.08. The van der Waals surface area contributed by atoms with Gasteiger partial charge >= 0.3 is 0 Å². The summed E-state index contributed by atoms with van der Waals surface area (Å²) in [6.45, 7) is 7.36. The number of amides is 1. The molecule has 3 aromatic rings. The summed E-state index contributed by atoms with van der Waals surface area (Å²) in [6, 6.07) is 9.77. The standard InChI is InChI=1S/C23H29N5O2/c1-15-12-16(2)28(26-15)17(3)23(29)27-10-8-18(9-11-27)22-21(14-24-25-22)19-6-5-7-20(13-19)30-4/h5-7,12-14,17-18H,8-11H2,1-4H3,(H,24,25)/t17-/m1/s1. The monoisotopic (exact) mass is 407 g/mol. The van der Waals surface area contributed by atoms with Crippen molar-refractivity contribution in [1.82, 2.24) is 24.9 Å². The van der Waals surface area contributed by atoms with Gasteiger partial charge in [-0.05, 0) is 57.4 Å². The Morgan fingerprint density at radius 2 is 2.00 bits per heavy atom. The molecule has 7 nitrogen and oxygen atoms in total. The summed E-state index contributed by atoms with van der Waals surface area (Å²) >= 11 is 0. The van der Waals surface area contributed by atoms with Crippen molar-refractivity contribution in [2.45, 2.75) is 45.6 Å². The summed E-state index contributed by atoms with van der Waals surface area (Å²) in [5.74, 6) is 1.32. The molecular weight excluding hydrogens is 378 g/mol. The van der Waals surface area contributed by atoms with Crippen molar-refractivity contribution in [2.24, 2.45) is 0 Å². The van der Waals surface area contributed by atoms with Gasteiger partial charge in [0.2, 0.25) is 5.91 Å². The van der Waals surface area contributed by atoms with Crippen molar-refractivity contribution in [3.63, 3.8) is 0 Å². The van der Waals surface area contributed by atoms with Crippen molar-refractivity contribution in [1.29, 1.82) is 0 Å². The number of ether oxygens (including phenoxy) is 1. The number of H-pyrrole nitrogens is 1. The number of hydrogen-bond donors (Lipinski definition) is 1. The van der Waals surface area contributed by atoms with Gasteiger partial charge < -0.3 is 9.64 Å². The van der Waals surface area contributed by atoms with Gasteiger partial charge in [-0.15, -0.1) is 0 Å². The number of aromatic amines is 1. The van der Waals surface area contributed by atoms with Gasteiger partial charge in [0.05, 0.1) is 19.0 Å². The lowest BCUT2D eigenvalue weighted by atomic mass is 9.89. The topological polar surface area (TPSA) is 76.0 Å². The molecule has 7 heteroatoms. The van der Waals surface area contributed by atoms with Crippen LogP contribution < -0.4 is 4.74 Å². The molecule has 1 atom stereocenters. The van der Waals surface area contributed by atoms with E-state index in [2.05, 4.69) is 21.4 Å². The van der Waals surface area contributed by atoms with Gasteiger partial charge in [0, 0.05) is 36.0 Å². The van der Waals surface area contributed by atoms with Crippen LogP contribution in [-0.4, -0.2) is 51.0 Å². The van der Waals surface area contributed by atoms with E-state index < -0.39 is 0 Å². The molecule has 1 saturated heterocycles. The summed E-state index contributed by atoms with van der Waals surface area (Å²) in [4.78, 5) is 15.0. The number of benzene rings is 1. The van der Waals surface area contributed by atoms with E-state index in [1.165, 1.54) is 0 Å². The molecule has 1 aromatic carbocycles. The van der Waals surface area contributed by atoms with Gasteiger partial charge in [0.1, 0.15) is 11.8 Å². The van der Waals surface area contributed by atoms with Crippen molar-refractivity contribution in [2.75, 3.05) is 20.2 Å². The Hall–Kier alpha value is -3.09. The van der Waals surface area contributed by atoms with Crippen molar-refractivity contribution >= 4 is 5.91 Å². The molecule has 3 heterocycles. The lowest BCUT2D eigenvalue weighted by Crippen LogP contribution is -2.41. The molecule has 0 spiro atoms. The Kier molecular flexibility index (Phi) is 5.61. The smallest absolute Gasteiger partial charge is 0.247 e. The minimum Gasteiger partial charge on any atom is -0.497 e. The highest BCUT2D eigenvalue weighted by Crippen LogP contribution is 2.35. The van der Waals surface area contributed by atoms with Crippen LogP contribution in [0.3, 0.4) is 0 Å². The summed E-state index contributed by atoms with van der Waals surface area (Å²) < 4.78 is 7.20. The first-order chi connectivity index (χ1) is 14.5. The Morgan fingerprint density at radius 3 is 2.67 bits per heavy atom. The predicted molar refractivity (Wildman–Crippen MR) is 116 cm³/mol. The van der Waals surface area contributed by atoms with E-state index in [-0.39, 0.29) is 11.9 Å². The third kappa shape index (κ3) is 3.84. The van der Waals surface area contributed by atoms with Gasteiger partial charge in [0.25, 0.3) is 0 Å². The zero-order valence-corrected chi connectivity index (χ0v) is 18.1. The molecule has 2 aromatic heterocycles. The molecule has 158 valence electrons.